The third-order valence-corrected chi connectivity index (χ3v) is 3.26. The monoisotopic (exact) mass is 302 g/mol. The Morgan fingerprint density at radius 3 is 2.86 bits per heavy atom. The van der Waals surface area contributed by atoms with Crippen molar-refractivity contribution < 1.29 is 4.79 Å². The first-order valence-corrected chi connectivity index (χ1v) is 7.22. The molecular weight excluding hydrogens is 284 g/mol. The number of aromatic nitrogens is 1. The Kier molecular flexibility index (Phi) is 5.05. The van der Waals surface area contributed by atoms with Crippen LogP contribution in [0.2, 0.25) is 0 Å². The van der Waals surface area contributed by atoms with Crippen molar-refractivity contribution in [3.05, 3.63) is 36.0 Å². The van der Waals surface area contributed by atoms with Crippen molar-refractivity contribution in [3.8, 4) is 0 Å². The van der Waals surface area contributed by atoms with Crippen molar-refractivity contribution in [1.82, 2.24) is 10.3 Å². The number of fused-ring (bicyclic) bond motifs is 1. The fourth-order valence-corrected chi connectivity index (χ4v) is 2.17. The van der Waals surface area contributed by atoms with Crippen molar-refractivity contribution in [1.29, 1.82) is 0 Å². The number of benzene rings is 1. The number of rotatable bonds is 6. The highest BCUT2D eigenvalue weighted by Crippen LogP contribution is 2.25. The fourth-order valence-electron chi connectivity index (χ4n) is 2.01. The molecule has 6 heteroatoms. The number of hydrogen-bond donors (Lipinski definition) is 3. The number of nitrogens with one attached hydrogen (secondary N) is 2. The molecule has 0 fully saturated rings. The molecule has 0 saturated carbocycles. The molecular formula is C15H18N4OS. The summed E-state index contributed by atoms with van der Waals surface area (Å²) in [5.74, 6) is -0.0633. The maximum absolute atomic E-state index is 11.7. The summed E-state index contributed by atoms with van der Waals surface area (Å²) in [6.07, 6.45) is 2.54. The Hall–Kier alpha value is -2.21. The van der Waals surface area contributed by atoms with E-state index in [4.69, 9.17) is 18.0 Å². The van der Waals surface area contributed by atoms with Gasteiger partial charge in [0.05, 0.1) is 23.3 Å². The first kappa shape index (κ1) is 15.2. The van der Waals surface area contributed by atoms with Crippen LogP contribution in [-0.4, -0.2) is 29.0 Å². The highest BCUT2D eigenvalue weighted by molar-refractivity contribution is 7.80. The van der Waals surface area contributed by atoms with E-state index in [1.165, 1.54) is 0 Å². The van der Waals surface area contributed by atoms with Gasteiger partial charge in [0.2, 0.25) is 5.91 Å². The molecule has 0 unspecified atom stereocenters. The van der Waals surface area contributed by atoms with Crippen molar-refractivity contribution in [2.24, 2.45) is 5.73 Å². The van der Waals surface area contributed by atoms with E-state index >= 15 is 0 Å². The molecule has 1 amide bonds. The van der Waals surface area contributed by atoms with E-state index in [1.54, 1.807) is 6.20 Å². The van der Waals surface area contributed by atoms with E-state index in [9.17, 15) is 4.79 Å². The Morgan fingerprint density at radius 1 is 1.38 bits per heavy atom. The van der Waals surface area contributed by atoms with E-state index in [0.29, 0.717) is 12.1 Å². The largest absolute Gasteiger partial charge is 0.389 e. The Balaban J connectivity index is 2.29. The number of hydrogen-bond acceptors (Lipinski definition) is 4. The molecule has 0 bridgehead atoms. The van der Waals surface area contributed by atoms with Crippen LogP contribution in [0.3, 0.4) is 0 Å². The van der Waals surface area contributed by atoms with Gasteiger partial charge in [-0.1, -0.05) is 37.3 Å². The lowest BCUT2D eigenvalue weighted by Crippen LogP contribution is -2.30. The molecule has 4 N–H and O–H groups in total. The molecule has 0 aliphatic rings. The molecule has 1 aromatic carbocycles. The van der Waals surface area contributed by atoms with Crippen LogP contribution in [0.1, 0.15) is 18.9 Å². The lowest BCUT2D eigenvalue weighted by molar-refractivity contribution is -0.119. The van der Waals surface area contributed by atoms with Crippen LogP contribution in [-0.2, 0) is 4.79 Å². The predicted octanol–water partition coefficient (Wildman–Crippen LogP) is 1.81. The third-order valence-electron chi connectivity index (χ3n) is 3.04. The highest BCUT2D eigenvalue weighted by atomic mass is 32.1. The zero-order valence-corrected chi connectivity index (χ0v) is 12.7. The standard InChI is InChI=1S/C15H18N4OS/c1-2-7-17-13(20)9-19-14-10-5-3-4-6-12(10)18-8-11(14)15(16)21/h3-6,8H,2,7,9H2,1H3,(H2,16,21)(H,17,20)(H,18,19). The number of nitrogens with two attached hydrogens (primary N) is 1. The van der Waals surface area contributed by atoms with Gasteiger partial charge < -0.3 is 16.4 Å². The maximum Gasteiger partial charge on any atom is 0.239 e. The molecule has 0 aliphatic carbocycles. The number of para-hydroxylation sites is 1. The molecule has 1 aromatic heterocycles. The number of anilines is 1. The van der Waals surface area contributed by atoms with Crippen LogP contribution < -0.4 is 16.4 Å². The van der Waals surface area contributed by atoms with E-state index < -0.39 is 0 Å². The summed E-state index contributed by atoms with van der Waals surface area (Å²) in [6.45, 7) is 2.85. The molecule has 0 spiro atoms. The highest BCUT2D eigenvalue weighted by Gasteiger charge is 2.11. The number of carbonyl (C=O) groups is 1. The number of thiocarbonyl (C=S) groups is 1. The van der Waals surface area contributed by atoms with Crippen LogP contribution in [0.5, 0.6) is 0 Å². The minimum absolute atomic E-state index is 0.0633. The molecule has 0 radical (unpaired) electrons. The van der Waals surface area contributed by atoms with Gasteiger partial charge in [-0.15, -0.1) is 0 Å². The summed E-state index contributed by atoms with van der Waals surface area (Å²) >= 11 is 5.06. The van der Waals surface area contributed by atoms with Crippen LogP contribution in [0.15, 0.2) is 30.5 Å². The predicted molar refractivity (Wildman–Crippen MR) is 89.4 cm³/mol. The Morgan fingerprint density at radius 2 is 2.14 bits per heavy atom. The van der Waals surface area contributed by atoms with Gasteiger partial charge in [-0.05, 0) is 12.5 Å². The molecule has 5 nitrogen and oxygen atoms in total. The quantitative estimate of drug-likeness (QED) is 0.709. The minimum Gasteiger partial charge on any atom is -0.389 e. The second-order valence-electron chi connectivity index (χ2n) is 4.63. The second-order valence-corrected chi connectivity index (χ2v) is 5.07. The Labute approximate surface area is 128 Å². The van der Waals surface area contributed by atoms with Crippen molar-refractivity contribution in [3.63, 3.8) is 0 Å². The van der Waals surface area contributed by atoms with Gasteiger partial charge in [-0.25, -0.2) is 0 Å². The van der Waals surface area contributed by atoms with Gasteiger partial charge >= 0.3 is 0 Å². The van der Waals surface area contributed by atoms with Crippen LogP contribution in [0.25, 0.3) is 10.9 Å². The molecule has 2 rings (SSSR count). The molecule has 110 valence electrons. The molecule has 0 saturated heterocycles. The van der Waals surface area contributed by atoms with E-state index in [1.807, 2.05) is 31.2 Å². The zero-order valence-electron chi connectivity index (χ0n) is 11.8. The number of pyridine rings is 1. The summed E-state index contributed by atoms with van der Waals surface area (Å²) in [5, 5.41) is 6.84. The minimum atomic E-state index is -0.0633. The van der Waals surface area contributed by atoms with Crippen molar-refractivity contribution in [2.75, 3.05) is 18.4 Å². The van der Waals surface area contributed by atoms with Crippen LogP contribution in [0.4, 0.5) is 5.69 Å². The topological polar surface area (TPSA) is 80.0 Å². The van der Waals surface area contributed by atoms with Gasteiger partial charge in [0.25, 0.3) is 0 Å². The average Bonchev–Trinajstić information content (AvgIpc) is 2.50. The molecule has 2 aromatic rings. The van der Waals surface area contributed by atoms with E-state index in [0.717, 1.165) is 23.0 Å². The van der Waals surface area contributed by atoms with Gasteiger partial charge in [0.1, 0.15) is 4.99 Å². The van der Waals surface area contributed by atoms with Gasteiger partial charge in [0.15, 0.2) is 0 Å². The first-order valence-electron chi connectivity index (χ1n) is 6.81. The Bertz CT molecular complexity index is 672. The molecule has 21 heavy (non-hydrogen) atoms. The number of carbonyl (C=O) groups excluding carboxylic acids is 1. The number of amides is 1. The van der Waals surface area contributed by atoms with Crippen LogP contribution in [0, 0.1) is 0 Å². The third kappa shape index (κ3) is 3.66. The maximum atomic E-state index is 11.7. The summed E-state index contributed by atoms with van der Waals surface area (Å²) in [7, 11) is 0. The van der Waals surface area contributed by atoms with Crippen molar-refractivity contribution in [2.45, 2.75) is 13.3 Å². The molecule has 0 aliphatic heterocycles. The first-order chi connectivity index (χ1) is 10.1. The average molecular weight is 302 g/mol. The summed E-state index contributed by atoms with van der Waals surface area (Å²) in [4.78, 5) is 16.3. The molecule has 0 atom stereocenters. The van der Waals surface area contributed by atoms with Gasteiger partial charge in [0, 0.05) is 18.1 Å². The lowest BCUT2D eigenvalue weighted by atomic mass is 10.1. The normalized spacial score (nSPS) is 10.3. The van der Waals surface area contributed by atoms with Crippen molar-refractivity contribution >= 4 is 39.7 Å². The second kappa shape index (κ2) is 6.99. The lowest BCUT2D eigenvalue weighted by Gasteiger charge is -2.13. The fraction of sp³-hybridized carbons (Fsp3) is 0.267. The number of nitrogens with zero attached hydrogens (tertiary/aromatic N) is 1. The molecule has 1 heterocycles. The summed E-state index contributed by atoms with van der Waals surface area (Å²) < 4.78 is 0. The SMILES string of the molecule is CCCNC(=O)CNc1c(C(N)=S)cnc2ccccc12. The summed E-state index contributed by atoms with van der Waals surface area (Å²) in [6, 6.07) is 7.65. The summed E-state index contributed by atoms with van der Waals surface area (Å²) in [5.41, 5.74) is 7.97. The van der Waals surface area contributed by atoms with E-state index in [-0.39, 0.29) is 17.4 Å². The van der Waals surface area contributed by atoms with Crippen LogP contribution >= 0.6 is 12.2 Å². The smallest absolute Gasteiger partial charge is 0.239 e. The zero-order chi connectivity index (χ0) is 15.2. The van der Waals surface area contributed by atoms with E-state index in [2.05, 4.69) is 15.6 Å². The van der Waals surface area contributed by atoms with Gasteiger partial charge in [-0.2, -0.15) is 0 Å². The van der Waals surface area contributed by atoms with Gasteiger partial charge in [-0.3, -0.25) is 9.78 Å².